The van der Waals surface area contributed by atoms with Crippen molar-refractivity contribution in [3.8, 4) is 0 Å². The van der Waals surface area contributed by atoms with E-state index < -0.39 is 0 Å². The lowest BCUT2D eigenvalue weighted by Crippen LogP contribution is -2.48. The highest BCUT2D eigenvalue weighted by Gasteiger charge is 2.41. The first-order chi connectivity index (χ1) is 14.6. The lowest BCUT2D eigenvalue weighted by Gasteiger charge is -2.28. The second kappa shape index (κ2) is 9.63. The molecule has 0 radical (unpaired) electrons. The summed E-state index contributed by atoms with van der Waals surface area (Å²) in [4.78, 5) is 41.5. The average Bonchev–Trinajstić information content (AvgIpc) is 3.09. The summed E-state index contributed by atoms with van der Waals surface area (Å²) in [6, 6.07) is 23.4. The van der Waals surface area contributed by atoms with Crippen LogP contribution in [0.5, 0.6) is 0 Å². The van der Waals surface area contributed by atoms with Gasteiger partial charge in [-0.15, -0.1) is 0 Å². The molecule has 1 aliphatic heterocycles. The van der Waals surface area contributed by atoms with Gasteiger partial charge in [-0.2, -0.15) is 9.59 Å². The molecule has 152 valence electrons. The van der Waals surface area contributed by atoms with Gasteiger partial charge < -0.3 is 0 Å². The highest BCUT2D eigenvalue weighted by atomic mass is 16.2. The molecule has 1 N–H and O–H groups in total. The fourth-order valence-corrected chi connectivity index (χ4v) is 4.05. The normalized spacial score (nSPS) is 17.8. The predicted octanol–water partition coefficient (Wildman–Crippen LogP) is 3.70. The van der Waals surface area contributed by atoms with Gasteiger partial charge in [0.15, 0.2) is 0 Å². The number of carbonyl (C=O) groups excluding carboxylic acids is 4. The SMILES string of the molecule is CC[C@H]1[C@H](c2cccc3ccccc23)CC(=O)N1NC(=O)c1ccccc1.O=C=O. The summed E-state index contributed by atoms with van der Waals surface area (Å²) in [6.07, 6.45) is 1.43. The monoisotopic (exact) mass is 402 g/mol. The summed E-state index contributed by atoms with van der Waals surface area (Å²) >= 11 is 0. The molecule has 0 spiro atoms. The number of hydrogen-bond acceptors (Lipinski definition) is 4. The lowest BCUT2D eigenvalue weighted by molar-refractivity contribution is -0.191. The molecule has 1 aliphatic rings. The van der Waals surface area contributed by atoms with Gasteiger partial charge in [0, 0.05) is 17.9 Å². The third-order valence-electron chi connectivity index (χ3n) is 5.36. The number of nitrogens with zero attached hydrogens (tertiary/aromatic N) is 1. The number of amides is 2. The maximum absolute atomic E-state index is 12.7. The van der Waals surface area contributed by atoms with Crippen LogP contribution < -0.4 is 5.43 Å². The fourth-order valence-electron chi connectivity index (χ4n) is 4.05. The van der Waals surface area contributed by atoms with Gasteiger partial charge in [0.2, 0.25) is 5.91 Å². The zero-order valence-corrected chi connectivity index (χ0v) is 16.6. The minimum Gasteiger partial charge on any atom is -0.273 e. The van der Waals surface area contributed by atoms with Crippen LogP contribution in [0.25, 0.3) is 10.8 Å². The van der Waals surface area contributed by atoms with Gasteiger partial charge in [-0.3, -0.25) is 20.0 Å². The van der Waals surface area contributed by atoms with E-state index in [1.165, 1.54) is 16.3 Å². The van der Waals surface area contributed by atoms with Crippen molar-refractivity contribution in [3.63, 3.8) is 0 Å². The number of benzene rings is 3. The van der Waals surface area contributed by atoms with Gasteiger partial charge in [-0.05, 0) is 34.9 Å². The van der Waals surface area contributed by atoms with Crippen LogP contribution in [0.15, 0.2) is 72.8 Å². The van der Waals surface area contributed by atoms with E-state index in [0.717, 1.165) is 6.42 Å². The molecule has 0 aliphatic carbocycles. The fraction of sp³-hybridized carbons (Fsp3) is 0.208. The van der Waals surface area contributed by atoms with E-state index in [1.54, 1.807) is 17.1 Å². The zero-order valence-electron chi connectivity index (χ0n) is 16.6. The van der Waals surface area contributed by atoms with E-state index in [9.17, 15) is 9.59 Å². The minimum absolute atomic E-state index is 0.0379. The number of rotatable bonds is 4. The van der Waals surface area contributed by atoms with E-state index in [-0.39, 0.29) is 29.9 Å². The average molecular weight is 402 g/mol. The Hall–Kier alpha value is -3.76. The molecule has 0 bridgehead atoms. The van der Waals surface area contributed by atoms with Crippen LogP contribution in [0.1, 0.15) is 41.6 Å². The van der Waals surface area contributed by atoms with Gasteiger partial charge in [0.05, 0.1) is 6.04 Å². The molecule has 2 amide bonds. The Kier molecular flexibility index (Phi) is 6.73. The molecule has 1 heterocycles. The second-order valence-corrected chi connectivity index (χ2v) is 7.01. The van der Waals surface area contributed by atoms with E-state index >= 15 is 0 Å². The first kappa shape index (κ1) is 21.0. The number of carbonyl (C=O) groups is 2. The van der Waals surface area contributed by atoms with Crippen molar-refractivity contribution in [2.24, 2.45) is 0 Å². The molecule has 0 unspecified atom stereocenters. The summed E-state index contributed by atoms with van der Waals surface area (Å²) in [7, 11) is 0. The topological polar surface area (TPSA) is 83.6 Å². The Bertz CT molecular complexity index is 1070. The Morgan fingerprint density at radius 1 is 1.00 bits per heavy atom. The van der Waals surface area contributed by atoms with Gasteiger partial charge >= 0.3 is 6.15 Å². The number of hydrazine groups is 1. The van der Waals surface area contributed by atoms with Crippen molar-refractivity contribution in [3.05, 3.63) is 83.9 Å². The highest BCUT2D eigenvalue weighted by molar-refractivity contribution is 5.96. The van der Waals surface area contributed by atoms with E-state index in [2.05, 4.69) is 36.6 Å². The van der Waals surface area contributed by atoms with Crippen molar-refractivity contribution in [1.82, 2.24) is 10.4 Å². The lowest BCUT2D eigenvalue weighted by atomic mass is 9.87. The van der Waals surface area contributed by atoms with Gasteiger partial charge in [0.25, 0.3) is 5.91 Å². The quantitative estimate of drug-likeness (QED) is 0.721. The van der Waals surface area contributed by atoms with Crippen molar-refractivity contribution in [2.75, 3.05) is 0 Å². The largest absolute Gasteiger partial charge is 0.373 e. The van der Waals surface area contributed by atoms with Crippen molar-refractivity contribution in [2.45, 2.75) is 31.7 Å². The summed E-state index contributed by atoms with van der Waals surface area (Å²) < 4.78 is 0. The minimum atomic E-state index is -0.249. The maximum atomic E-state index is 12.7. The summed E-state index contributed by atoms with van der Waals surface area (Å²) in [5.74, 6) is -0.227. The maximum Gasteiger partial charge on any atom is 0.373 e. The van der Waals surface area contributed by atoms with Gasteiger partial charge in [-0.25, -0.2) is 0 Å². The second-order valence-electron chi connectivity index (χ2n) is 7.01. The molecule has 6 nitrogen and oxygen atoms in total. The molecular weight excluding hydrogens is 380 g/mol. The standard InChI is InChI=1S/C23H22N2O2.CO2/c1-2-21-20(19-14-8-12-16-9-6-7-13-18(16)19)15-22(26)25(21)24-23(27)17-10-4-3-5-11-17;2-1-3/h3-14,20-21H,2,15H2,1H3,(H,24,27);/t20-,21-;/m0./s1. The summed E-state index contributed by atoms with van der Waals surface area (Å²) in [5.41, 5.74) is 4.56. The van der Waals surface area contributed by atoms with E-state index in [4.69, 9.17) is 9.59 Å². The molecule has 1 fully saturated rings. The first-order valence-corrected chi connectivity index (χ1v) is 9.75. The van der Waals surface area contributed by atoms with Crippen LogP contribution in [0.2, 0.25) is 0 Å². The Morgan fingerprint density at radius 2 is 1.63 bits per heavy atom. The molecule has 3 aromatic rings. The molecule has 0 saturated carbocycles. The van der Waals surface area contributed by atoms with Crippen LogP contribution in [0, 0.1) is 0 Å². The van der Waals surface area contributed by atoms with Crippen LogP contribution in [-0.4, -0.2) is 29.0 Å². The van der Waals surface area contributed by atoms with Crippen molar-refractivity contribution in [1.29, 1.82) is 0 Å². The van der Waals surface area contributed by atoms with Gasteiger partial charge in [-0.1, -0.05) is 67.6 Å². The van der Waals surface area contributed by atoms with E-state index in [0.29, 0.717) is 12.0 Å². The van der Waals surface area contributed by atoms with Crippen LogP contribution in [-0.2, 0) is 14.4 Å². The summed E-state index contributed by atoms with van der Waals surface area (Å²) in [5, 5.41) is 3.89. The summed E-state index contributed by atoms with van der Waals surface area (Å²) in [6.45, 7) is 2.06. The predicted molar refractivity (Wildman–Crippen MR) is 111 cm³/mol. The number of nitrogens with one attached hydrogen (secondary N) is 1. The third-order valence-corrected chi connectivity index (χ3v) is 5.36. The molecule has 0 aromatic heterocycles. The van der Waals surface area contributed by atoms with Gasteiger partial charge in [0.1, 0.15) is 0 Å². The Morgan fingerprint density at radius 3 is 2.33 bits per heavy atom. The molecular formula is C24H22N2O4. The molecule has 2 atom stereocenters. The molecule has 3 aromatic carbocycles. The van der Waals surface area contributed by atoms with Crippen LogP contribution in [0.3, 0.4) is 0 Å². The number of fused-ring (bicyclic) bond motifs is 1. The molecule has 6 heteroatoms. The molecule has 1 saturated heterocycles. The first-order valence-electron chi connectivity index (χ1n) is 9.75. The smallest absolute Gasteiger partial charge is 0.273 e. The molecule has 30 heavy (non-hydrogen) atoms. The third kappa shape index (κ3) is 4.29. The van der Waals surface area contributed by atoms with Crippen molar-refractivity contribution < 1.29 is 19.2 Å². The number of hydrogen-bond donors (Lipinski definition) is 1. The van der Waals surface area contributed by atoms with Crippen LogP contribution in [0.4, 0.5) is 0 Å². The van der Waals surface area contributed by atoms with Crippen LogP contribution >= 0.6 is 0 Å². The molecule has 4 rings (SSSR count). The van der Waals surface area contributed by atoms with Crippen molar-refractivity contribution >= 4 is 28.7 Å². The zero-order chi connectivity index (χ0) is 21.5. The Balaban J connectivity index is 0.000000806. The Labute approximate surface area is 174 Å². The highest BCUT2D eigenvalue weighted by Crippen LogP contribution is 2.38. The van der Waals surface area contributed by atoms with E-state index in [1.807, 2.05) is 36.4 Å².